The first-order valence-corrected chi connectivity index (χ1v) is 5.97. The Bertz CT molecular complexity index is 282. The van der Waals surface area contributed by atoms with Crippen LogP contribution in [0.15, 0.2) is 11.8 Å². The van der Waals surface area contributed by atoms with E-state index < -0.39 is 0 Å². The number of rotatable bonds is 2. The normalized spacial score (nSPS) is 27.3. The van der Waals surface area contributed by atoms with Crippen molar-refractivity contribution in [1.29, 1.82) is 0 Å². The van der Waals surface area contributed by atoms with Gasteiger partial charge in [0.2, 0.25) is 0 Å². The molecule has 1 aliphatic heterocycles. The van der Waals surface area contributed by atoms with Crippen molar-refractivity contribution in [2.45, 2.75) is 32.2 Å². The first-order valence-electron chi connectivity index (χ1n) is 5.97. The van der Waals surface area contributed by atoms with Crippen LogP contribution in [0.1, 0.15) is 26.2 Å². The number of carbonyl (C=O) groups is 1. The predicted molar refractivity (Wildman–Crippen MR) is 59.9 cm³/mol. The minimum Gasteiger partial charge on any atom is -0.430 e. The summed E-state index contributed by atoms with van der Waals surface area (Å²) in [6.45, 7) is 4.89. The van der Waals surface area contributed by atoms with Crippen LogP contribution < -0.4 is 0 Å². The first-order chi connectivity index (χ1) is 7.77. The van der Waals surface area contributed by atoms with E-state index in [1.807, 2.05) is 0 Å². The van der Waals surface area contributed by atoms with E-state index in [-0.39, 0.29) is 12.0 Å². The summed E-state index contributed by atoms with van der Waals surface area (Å²) in [5.41, 5.74) is 0. The Labute approximate surface area is 96.2 Å². The number of esters is 1. The zero-order valence-electron chi connectivity index (χ0n) is 9.78. The minimum absolute atomic E-state index is 0.216. The molecule has 0 N–H and O–H groups in total. The molecule has 1 aliphatic carbocycles. The van der Waals surface area contributed by atoms with E-state index in [1.54, 1.807) is 0 Å². The Hall–Kier alpha value is -0.870. The second kappa shape index (κ2) is 5.46. The van der Waals surface area contributed by atoms with Crippen molar-refractivity contribution in [3.05, 3.63) is 11.8 Å². The maximum absolute atomic E-state index is 11.0. The van der Waals surface area contributed by atoms with E-state index in [2.05, 4.69) is 11.0 Å². The number of nitrogens with zero attached hydrogens (tertiary/aromatic N) is 1. The SMILES string of the molecule is CC(=O)OC1=CCCCC1N1CCOCC1. The summed E-state index contributed by atoms with van der Waals surface area (Å²) in [6.07, 6.45) is 5.33. The minimum atomic E-state index is -0.216. The van der Waals surface area contributed by atoms with Crippen LogP contribution in [0, 0.1) is 0 Å². The molecule has 90 valence electrons. The molecular formula is C12H19NO3. The van der Waals surface area contributed by atoms with Crippen molar-refractivity contribution in [1.82, 2.24) is 4.90 Å². The number of hydrogen-bond acceptors (Lipinski definition) is 4. The molecule has 16 heavy (non-hydrogen) atoms. The molecule has 0 saturated carbocycles. The Balaban J connectivity index is 2.02. The summed E-state index contributed by atoms with van der Waals surface area (Å²) in [5.74, 6) is 0.632. The van der Waals surface area contributed by atoms with Crippen molar-refractivity contribution < 1.29 is 14.3 Å². The van der Waals surface area contributed by atoms with Crippen molar-refractivity contribution >= 4 is 5.97 Å². The van der Waals surface area contributed by atoms with Gasteiger partial charge in [-0.05, 0) is 25.3 Å². The lowest BCUT2D eigenvalue weighted by atomic mass is 9.99. The molecule has 1 unspecified atom stereocenters. The number of allylic oxidation sites excluding steroid dienone is 1. The number of hydrogen-bond donors (Lipinski definition) is 0. The van der Waals surface area contributed by atoms with Gasteiger partial charge < -0.3 is 9.47 Å². The van der Waals surface area contributed by atoms with Crippen molar-refractivity contribution in [2.24, 2.45) is 0 Å². The summed E-state index contributed by atoms with van der Waals surface area (Å²) in [5, 5.41) is 0. The van der Waals surface area contributed by atoms with Crippen molar-refractivity contribution in [3.63, 3.8) is 0 Å². The molecule has 0 aromatic heterocycles. The molecule has 4 heteroatoms. The molecule has 2 rings (SSSR count). The molecule has 0 radical (unpaired) electrons. The maximum atomic E-state index is 11.0. The zero-order chi connectivity index (χ0) is 11.4. The second-order valence-electron chi connectivity index (χ2n) is 4.30. The molecule has 0 amide bonds. The second-order valence-corrected chi connectivity index (χ2v) is 4.30. The Morgan fingerprint density at radius 2 is 2.25 bits per heavy atom. The van der Waals surface area contributed by atoms with Gasteiger partial charge >= 0.3 is 5.97 Å². The summed E-state index contributed by atoms with van der Waals surface area (Å²) >= 11 is 0. The van der Waals surface area contributed by atoms with Gasteiger partial charge in [0.1, 0.15) is 5.76 Å². The van der Waals surface area contributed by atoms with Crippen LogP contribution in [0.5, 0.6) is 0 Å². The monoisotopic (exact) mass is 225 g/mol. The Kier molecular flexibility index (Phi) is 3.96. The van der Waals surface area contributed by atoms with Crippen LogP contribution >= 0.6 is 0 Å². The van der Waals surface area contributed by atoms with Crippen LogP contribution in [-0.4, -0.2) is 43.2 Å². The fourth-order valence-electron chi connectivity index (χ4n) is 2.36. The van der Waals surface area contributed by atoms with Gasteiger partial charge in [0, 0.05) is 20.0 Å². The third kappa shape index (κ3) is 2.83. The van der Waals surface area contributed by atoms with Crippen LogP contribution in [0.2, 0.25) is 0 Å². The van der Waals surface area contributed by atoms with E-state index >= 15 is 0 Å². The summed E-state index contributed by atoms with van der Waals surface area (Å²) in [4.78, 5) is 13.4. The molecule has 1 atom stereocenters. The maximum Gasteiger partial charge on any atom is 0.307 e. The first kappa shape index (κ1) is 11.6. The summed E-state index contributed by atoms with van der Waals surface area (Å²) in [7, 11) is 0. The lowest BCUT2D eigenvalue weighted by Crippen LogP contribution is -2.45. The van der Waals surface area contributed by atoms with Gasteiger partial charge in [-0.25, -0.2) is 0 Å². The highest BCUT2D eigenvalue weighted by atomic mass is 16.5. The van der Waals surface area contributed by atoms with Gasteiger partial charge in [0.25, 0.3) is 0 Å². The lowest BCUT2D eigenvalue weighted by Gasteiger charge is -2.36. The number of carbonyl (C=O) groups excluding carboxylic acids is 1. The molecule has 0 bridgehead atoms. The topological polar surface area (TPSA) is 38.8 Å². The molecule has 4 nitrogen and oxygen atoms in total. The number of ether oxygens (including phenoxy) is 2. The molecular weight excluding hydrogens is 206 g/mol. The molecule has 0 aromatic rings. The van der Waals surface area contributed by atoms with Crippen molar-refractivity contribution in [3.8, 4) is 0 Å². The third-order valence-electron chi connectivity index (χ3n) is 3.10. The highest BCUT2D eigenvalue weighted by Gasteiger charge is 2.27. The molecule has 0 spiro atoms. The standard InChI is InChI=1S/C12H19NO3/c1-10(14)16-12-5-3-2-4-11(12)13-6-8-15-9-7-13/h5,11H,2-4,6-9H2,1H3. The fourth-order valence-corrected chi connectivity index (χ4v) is 2.36. The van der Waals surface area contributed by atoms with Gasteiger partial charge in [0.05, 0.1) is 19.3 Å². The summed E-state index contributed by atoms with van der Waals surface area (Å²) < 4.78 is 10.6. The van der Waals surface area contributed by atoms with E-state index in [0.717, 1.165) is 44.9 Å². The van der Waals surface area contributed by atoms with E-state index in [0.29, 0.717) is 0 Å². The Morgan fingerprint density at radius 1 is 1.50 bits per heavy atom. The molecule has 1 fully saturated rings. The van der Waals surface area contributed by atoms with E-state index in [4.69, 9.17) is 9.47 Å². The third-order valence-corrected chi connectivity index (χ3v) is 3.10. The van der Waals surface area contributed by atoms with Gasteiger partial charge in [-0.3, -0.25) is 9.69 Å². The predicted octanol–water partition coefficient (Wildman–Crippen LogP) is 1.32. The van der Waals surface area contributed by atoms with Gasteiger partial charge in [-0.1, -0.05) is 0 Å². The molecule has 2 aliphatic rings. The van der Waals surface area contributed by atoms with Gasteiger partial charge in [-0.15, -0.1) is 0 Å². The number of morpholine rings is 1. The van der Waals surface area contributed by atoms with Crippen molar-refractivity contribution in [2.75, 3.05) is 26.3 Å². The highest BCUT2D eigenvalue weighted by molar-refractivity contribution is 5.67. The van der Waals surface area contributed by atoms with Crippen LogP contribution in [0.25, 0.3) is 0 Å². The van der Waals surface area contributed by atoms with Crippen LogP contribution in [0.4, 0.5) is 0 Å². The zero-order valence-corrected chi connectivity index (χ0v) is 9.78. The highest BCUT2D eigenvalue weighted by Crippen LogP contribution is 2.25. The van der Waals surface area contributed by atoms with Crippen LogP contribution in [0.3, 0.4) is 0 Å². The molecule has 1 saturated heterocycles. The van der Waals surface area contributed by atoms with Crippen LogP contribution in [-0.2, 0) is 14.3 Å². The van der Waals surface area contributed by atoms with E-state index in [9.17, 15) is 4.79 Å². The average Bonchev–Trinajstić information content (AvgIpc) is 2.30. The quantitative estimate of drug-likeness (QED) is 0.664. The smallest absolute Gasteiger partial charge is 0.307 e. The van der Waals surface area contributed by atoms with Gasteiger partial charge in [0.15, 0.2) is 0 Å². The van der Waals surface area contributed by atoms with E-state index in [1.165, 1.54) is 13.3 Å². The average molecular weight is 225 g/mol. The molecule has 0 aromatic carbocycles. The largest absolute Gasteiger partial charge is 0.430 e. The Morgan fingerprint density at radius 3 is 2.94 bits per heavy atom. The fraction of sp³-hybridized carbons (Fsp3) is 0.750. The van der Waals surface area contributed by atoms with Gasteiger partial charge in [-0.2, -0.15) is 0 Å². The lowest BCUT2D eigenvalue weighted by molar-refractivity contribution is -0.138. The molecule has 1 heterocycles. The summed E-state index contributed by atoms with van der Waals surface area (Å²) in [6, 6.07) is 0.279.